The molecule has 0 spiro atoms. The van der Waals surface area contributed by atoms with Gasteiger partial charge in [0.05, 0.1) is 12.7 Å². The zero-order valence-corrected chi connectivity index (χ0v) is 37.3. The van der Waals surface area contributed by atoms with Crippen molar-refractivity contribution in [3.63, 3.8) is 0 Å². The molecule has 18 heteroatoms. The minimum absolute atomic E-state index is 0.00845. The van der Waals surface area contributed by atoms with Crippen LogP contribution in [0.25, 0.3) is 0 Å². The third-order valence-electron chi connectivity index (χ3n) is 10.2. The molecule has 3 rings (SSSR count). The van der Waals surface area contributed by atoms with E-state index in [4.69, 9.17) is 4.74 Å². The molecule has 1 saturated heterocycles. The Bertz CT molecular complexity index is 1880. The Morgan fingerprint density at radius 3 is 1.62 bits per heavy atom. The van der Waals surface area contributed by atoms with Gasteiger partial charge in [0.1, 0.15) is 42.4 Å². The van der Waals surface area contributed by atoms with Gasteiger partial charge in [-0.3, -0.25) is 33.6 Å². The molecule has 2 aromatic carbocycles. The molecule has 0 aliphatic carbocycles. The Balaban J connectivity index is 2.16. The number of esters is 1. The number of carbonyl (C=O) groups excluding carboxylic acids is 8. The van der Waals surface area contributed by atoms with Crippen LogP contribution in [-0.2, 0) is 55.9 Å². The minimum Gasteiger partial charge on any atom is -0.458 e. The number of hydrogen-bond acceptors (Lipinski definition) is 11. The van der Waals surface area contributed by atoms with Crippen molar-refractivity contribution in [2.75, 3.05) is 6.61 Å². The van der Waals surface area contributed by atoms with Crippen molar-refractivity contribution >= 4 is 47.3 Å². The van der Waals surface area contributed by atoms with Gasteiger partial charge in [-0.05, 0) is 49.7 Å². The molecule has 2 aromatic rings. The van der Waals surface area contributed by atoms with Crippen LogP contribution < -0.4 is 37.2 Å². The third-order valence-corrected chi connectivity index (χ3v) is 10.2. The van der Waals surface area contributed by atoms with E-state index in [9.17, 15) is 48.6 Å². The number of rotatable bonds is 14. The summed E-state index contributed by atoms with van der Waals surface area (Å²) < 4.78 is 5.61. The lowest BCUT2D eigenvalue weighted by Crippen LogP contribution is -2.62. The summed E-state index contributed by atoms with van der Waals surface area (Å²) in [7, 11) is 0. The molecule has 0 aromatic heterocycles. The molecule has 0 bridgehead atoms. The molecule has 9 N–H and O–H groups in total. The smallest absolute Gasteiger partial charge is 0.331 e. The van der Waals surface area contributed by atoms with Crippen molar-refractivity contribution < 1.29 is 53.3 Å². The second-order valence-electron chi connectivity index (χ2n) is 17.1. The van der Waals surface area contributed by atoms with Crippen LogP contribution >= 0.6 is 0 Å². The first kappa shape index (κ1) is 51.5. The van der Waals surface area contributed by atoms with E-state index < -0.39 is 114 Å². The summed E-state index contributed by atoms with van der Waals surface area (Å²) in [6, 6.07) is 7.22. The van der Waals surface area contributed by atoms with Crippen LogP contribution in [0.5, 0.6) is 0 Å². The molecule has 0 radical (unpaired) electrons. The van der Waals surface area contributed by atoms with Crippen LogP contribution in [0.1, 0.15) is 79.4 Å². The van der Waals surface area contributed by atoms with E-state index in [0.29, 0.717) is 11.1 Å². The topological polar surface area (TPSA) is 270 Å². The van der Waals surface area contributed by atoms with Gasteiger partial charge in [-0.25, -0.2) is 4.79 Å². The normalized spacial score (nSPS) is 24.3. The molecule has 1 aliphatic rings. The van der Waals surface area contributed by atoms with Gasteiger partial charge in [0, 0.05) is 18.8 Å². The summed E-state index contributed by atoms with van der Waals surface area (Å²) in [6.07, 6.45) is -2.99. The van der Waals surface area contributed by atoms with Crippen molar-refractivity contribution in [3.8, 4) is 0 Å². The molecule has 346 valence electrons. The molecule has 0 unspecified atom stereocenters. The Labute approximate surface area is 368 Å². The van der Waals surface area contributed by atoms with Gasteiger partial charge >= 0.3 is 5.97 Å². The van der Waals surface area contributed by atoms with Crippen molar-refractivity contribution in [1.29, 1.82) is 0 Å². The fraction of sp³-hybridized carbons (Fsp3) is 0.556. The fourth-order valence-corrected chi connectivity index (χ4v) is 6.75. The number of aliphatic hydroxyl groups excluding tert-OH is 2. The number of carbonyl (C=O) groups is 8. The van der Waals surface area contributed by atoms with Gasteiger partial charge in [-0.1, -0.05) is 102 Å². The highest BCUT2D eigenvalue weighted by atomic mass is 16.5. The predicted octanol–water partition coefficient (Wildman–Crippen LogP) is -0.0680. The highest BCUT2D eigenvalue weighted by molar-refractivity contribution is 5.98. The average Bonchev–Trinajstić information content (AvgIpc) is 3.22. The summed E-state index contributed by atoms with van der Waals surface area (Å²) in [5, 5.41) is 39.0. The molecular formula is C45H65N7O11. The number of benzene rings is 2. The zero-order chi connectivity index (χ0) is 47.0. The van der Waals surface area contributed by atoms with Crippen LogP contribution in [0.3, 0.4) is 0 Å². The molecule has 1 aliphatic heterocycles. The summed E-state index contributed by atoms with van der Waals surface area (Å²) in [4.78, 5) is 111. The Kier molecular flexibility index (Phi) is 20.2. The van der Waals surface area contributed by atoms with Gasteiger partial charge in [0.25, 0.3) is 0 Å². The highest BCUT2D eigenvalue weighted by Crippen LogP contribution is 2.14. The maximum atomic E-state index is 14.4. The molecular weight excluding hydrogens is 815 g/mol. The van der Waals surface area contributed by atoms with Crippen LogP contribution in [0, 0.1) is 17.8 Å². The lowest BCUT2D eigenvalue weighted by molar-refractivity contribution is -0.157. The molecule has 7 amide bonds. The van der Waals surface area contributed by atoms with E-state index >= 15 is 0 Å². The average molecular weight is 880 g/mol. The molecule has 1 fully saturated rings. The minimum atomic E-state index is -1.79. The summed E-state index contributed by atoms with van der Waals surface area (Å²) in [5.74, 6) is -7.89. The van der Waals surface area contributed by atoms with E-state index in [1.807, 2.05) is 0 Å². The number of cyclic esters (lactones) is 1. The second-order valence-corrected chi connectivity index (χ2v) is 17.1. The maximum Gasteiger partial charge on any atom is 0.331 e. The summed E-state index contributed by atoms with van der Waals surface area (Å²) in [5.41, 5.74) is 1.33. The van der Waals surface area contributed by atoms with Gasteiger partial charge in [0.15, 0.2) is 6.04 Å². The molecule has 0 saturated carbocycles. The first-order valence-corrected chi connectivity index (χ1v) is 21.4. The van der Waals surface area contributed by atoms with Crippen LogP contribution in [0.4, 0.5) is 0 Å². The van der Waals surface area contributed by atoms with Crippen molar-refractivity contribution in [1.82, 2.24) is 37.2 Å². The van der Waals surface area contributed by atoms with E-state index in [2.05, 4.69) is 37.2 Å². The first-order chi connectivity index (χ1) is 29.7. The first-order valence-electron chi connectivity index (χ1n) is 21.4. The number of aliphatic hydroxyl groups is 2. The number of ether oxygens (including phenoxy) is 1. The highest BCUT2D eigenvalue weighted by Gasteiger charge is 2.39. The Morgan fingerprint density at radius 2 is 1.11 bits per heavy atom. The predicted molar refractivity (Wildman–Crippen MR) is 232 cm³/mol. The maximum absolute atomic E-state index is 14.4. The molecule has 1 heterocycles. The SMILES string of the molecule is CC(C)C[C@H]1NC(=O)[C@@H](NC(=O)[C@@H](Cc2ccccc2)NC(=O)C(C)C)[C@@H](C)OC(=O)[C@H](CO)NC(=O)[C@H]([C@@H](C)O)NC(=O)[C@@H](CC(C)C)NC(=O)[C@@H](Cc2ccccc2)NC1=O. The monoisotopic (exact) mass is 879 g/mol. The number of amides is 7. The Morgan fingerprint density at radius 1 is 0.635 bits per heavy atom. The Hall–Kier alpha value is -5.88. The van der Waals surface area contributed by atoms with Crippen molar-refractivity contribution in [2.24, 2.45) is 17.8 Å². The number of nitrogens with one attached hydrogen (secondary N) is 7. The van der Waals surface area contributed by atoms with Gasteiger partial charge < -0.3 is 52.2 Å². The quantitative estimate of drug-likeness (QED) is 0.113. The zero-order valence-electron chi connectivity index (χ0n) is 37.3. The van der Waals surface area contributed by atoms with Crippen LogP contribution in [0.2, 0.25) is 0 Å². The van der Waals surface area contributed by atoms with Gasteiger partial charge in [-0.15, -0.1) is 0 Å². The standard InChI is InChI=1S/C45H65N7O11/c1-24(2)19-31-39(56)48-33(21-29-15-11-9-12-16-29)40(57)47-32(20-25(3)4)41(58)51-36(27(7)54)43(60)50-35(23-53)45(62)63-28(8)37(44(61)49-31)52-42(59)34(46-38(55)26(5)6)22-30-17-13-10-14-18-30/h9-18,24-28,31-37,53-54H,19-23H2,1-8H3,(H,46,55)(H,47,57)(H,48,56)(H,49,61)(H,50,60)(H,51,58)(H,52,59)/t27-,28-,31-,32-,33-,34-,35+,36+,37+/m1/s1. The summed E-state index contributed by atoms with van der Waals surface area (Å²) >= 11 is 0. The van der Waals surface area contributed by atoms with Crippen molar-refractivity contribution in [3.05, 3.63) is 71.8 Å². The molecule has 9 atom stereocenters. The second kappa shape index (κ2) is 24.7. The summed E-state index contributed by atoms with van der Waals surface area (Å²) in [6.45, 7) is 11.9. The lowest BCUT2D eigenvalue weighted by atomic mass is 9.99. The molecule has 18 nitrogen and oxygen atoms in total. The van der Waals surface area contributed by atoms with Gasteiger partial charge in [-0.2, -0.15) is 0 Å². The lowest BCUT2D eigenvalue weighted by Gasteiger charge is -2.30. The van der Waals surface area contributed by atoms with Crippen LogP contribution in [-0.4, -0.2) is 119 Å². The van der Waals surface area contributed by atoms with E-state index in [0.717, 1.165) is 0 Å². The van der Waals surface area contributed by atoms with Crippen LogP contribution in [0.15, 0.2) is 60.7 Å². The fourth-order valence-electron chi connectivity index (χ4n) is 6.75. The van der Waals surface area contributed by atoms with E-state index in [1.54, 1.807) is 102 Å². The van der Waals surface area contributed by atoms with Gasteiger partial charge in [0.2, 0.25) is 41.4 Å². The van der Waals surface area contributed by atoms with E-state index in [1.165, 1.54) is 13.8 Å². The molecule has 63 heavy (non-hydrogen) atoms. The largest absolute Gasteiger partial charge is 0.458 e. The number of hydrogen-bond donors (Lipinski definition) is 9. The van der Waals surface area contributed by atoms with Crippen molar-refractivity contribution in [2.45, 2.75) is 136 Å². The third kappa shape index (κ3) is 16.4. The van der Waals surface area contributed by atoms with E-state index in [-0.39, 0.29) is 37.5 Å².